The average molecular weight is 147 g/mol. The summed E-state index contributed by atoms with van der Waals surface area (Å²) in [5.74, 6) is -0.746. The van der Waals surface area contributed by atoms with E-state index in [4.69, 9.17) is 0 Å². The van der Waals surface area contributed by atoms with Crippen LogP contribution in [0.5, 0.6) is 0 Å². The summed E-state index contributed by atoms with van der Waals surface area (Å²) in [5, 5.41) is 9.69. The van der Waals surface area contributed by atoms with Crippen LogP contribution in [0.3, 0.4) is 0 Å². The maximum absolute atomic E-state index is 10.4. The van der Waals surface area contributed by atoms with E-state index in [1.165, 1.54) is 6.92 Å². The molecule has 57 valence electrons. The molecule has 0 amide bonds. The maximum atomic E-state index is 10.4. The number of carbonyl (C=O) groups excluding carboxylic acids is 2. The van der Waals surface area contributed by atoms with Crippen molar-refractivity contribution in [2.24, 2.45) is 0 Å². The summed E-state index contributed by atoms with van der Waals surface area (Å²) in [7, 11) is 1.14. The fourth-order valence-electron chi connectivity index (χ4n) is 0.358. The lowest BCUT2D eigenvalue weighted by Gasteiger charge is -2.05. The summed E-state index contributed by atoms with van der Waals surface area (Å²) in [4.78, 5) is 20.1. The van der Waals surface area contributed by atoms with Crippen molar-refractivity contribution in [1.82, 2.24) is 0 Å². The van der Waals surface area contributed by atoms with E-state index in [-0.39, 0.29) is 0 Å². The molecule has 0 aromatic heterocycles. The molecule has 0 aromatic carbocycles. The van der Waals surface area contributed by atoms with Crippen LogP contribution in [0, 0.1) is 0 Å². The Balaban J connectivity index is 3.72. The summed E-state index contributed by atoms with van der Waals surface area (Å²) in [5.41, 5.74) is 0. The van der Waals surface area contributed by atoms with E-state index < -0.39 is 18.2 Å². The van der Waals surface area contributed by atoms with Crippen LogP contribution in [0.2, 0.25) is 0 Å². The Morgan fingerprint density at radius 1 is 1.40 bits per heavy atom. The molecule has 0 aromatic rings. The molecule has 0 spiro atoms. The van der Waals surface area contributed by atoms with Gasteiger partial charge in [0.05, 0.1) is 7.11 Å². The Hall–Kier alpha value is -1.26. The van der Waals surface area contributed by atoms with Crippen LogP contribution < -0.4 is 0 Å². The summed E-state index contributed by atoms with van der Waals surface area (Å²) in [6.07, 6.45) is -2.85. The molecule has 0 heterocycles. The molecular formula is C5H7O5. The van der Waals surface area contributed by atoms with Gasteiger partial charge in [-0.15, -0.1) is 0 Å². The first-order valence-corrected chi connectivity index (χ1v) is 2.53. The summed E-state index contributed by atoms with van der Waals surface area (Å²) in [6, 6.07) is 0. The van der Waals surface area contributed by atoms with Gasteiger partial charge in [-0.3, -0.25) is 0 Å². The van der Waals surface area contributed by atoms with E-state index in [0.717, 1.165) is 7.11 Å². The standard InChI is InChI=1S/C5H7O5/c1-3(4(6)9-2)10-5(7)8/h3H,1-2H3. The van der Waals surface area contributed by atoms with Crippen LogP contribution in [-0.4, -0.2) is 25.3 Å². The quantitative estimate of drug-likeness (QED) is 0.520. The molecule has 5 heteroatoms. The van der Waals surface area contributed by atoms with Crippen LogP contribution in [0.25, 0.3) is 0 Å². The number of methoxy groups -OCH3 is 1. The molecule has 1 radical (unpaired) electrons. The largest absolute Gasteiger partial charge is 0.550 e. The first-order valence-electron chi connectivity index (χ1n) is 2.53. The zero-order valence-electron chi connectivity index (χ0n) is 5.62. The summed E-state index contributed by atoms with van der Waals surface area (Å²) < 4.78 is 8.09. The van der Waals surface area contributed by atoms with Gasteiger partial charge in [-0.1, -0.05) is 0 Å². The van der Waals surface area contributed by atoms with Crippen molar-refractivity contribution in [3.63, 3.8) is 0 Å². The van der Waals surface area contributed by atoms with Crippen LogP contribution >= 0.6 is 0 Å². The van der Waals surface area contributed by atoms with Gasteiger partial charge < -0.3 is 9.47 Å². The molecule has 0 bridgehead atoms. The van der Waals surface area contributed by atoms with Crippen molar-refractivity contribution < 1.29 is 24.2 Å². The molecule has 1 unspecified atom stereocenters. The highest BCUT2D eigenvalue weighted by molar-refractivity contribution is 5.76. The highest BCUT2D eigenvalue weighted by Gasteiger charge is 2.17. The first-order chi connectivity index (χ1) is 4.57. The van der Waals surface area contributed by atoms with Gasteiger partial charge in [0, 0.05) is 0 Å². The van der Waals surface area contributed by atoms with Crippen molar-refractivity contribution in [1.29, 1.82) is 0 Å². The number of ether oxygens (including phenoxy) is 2. The molecule has 0 aliphatic carbocycles. The third kappa shape index (κ3) is 2.91. The van der Waals surface area contributed by atoms with Crippen LogP contribution in [0.4, 0.5) is 4.79 Å². The molecule has 1 atom stereocenters. The Kier molecular flexibility index (Phi) is 3.24. The lowest BCUT2D eigenvalue weighted by atomic mass is 10.4. The molecule has 0 fully saturated rings. The Morgan fingerprint density at radius 2 is 1.90 bits per heavy atom. The predicted molar refractivity (Wildman–Crippen MR) is 28.6 cm³/mol. The number of rotatable bonds is 2. The first kappa shape index (κ1) is 8.74. The van der Waals surface area contributed by atoms with E-state index in [1.54, 1.807) is 0 Å². The molecule has 0 saturated heterocycles. The number of esters is 1. The number of carbonyl (C=O) groups is 2. The van der Waals surface area contributed by atoms with Gasteiger partial charge in [0.15, 0.2) is 6.10 Å². The molecular weight excluding hydrogens is 140 g/mol. The second kappa shape index (κ2) is 3.71. The molecule has 0 saturated carbocycles. The van der Waals surface area contributed by atoms with Gasteiger partial charge in [-0.05, 0) is 6.92 Å². The van der Waals surface area contributed by atoms with E-state index in [1.807, 2.05) is 0 Å². The van der Waals surface area contributed by atoms with Crippen LogP contribution in [0.1, 0.15) is 6.92 Å². The topological polar surface area (TPSA) is 72.5 Å². The molecule has 0 aliphatic rings. The van der Waals surface area contributed by atoms with Gasteiger partial charge in [0.2, 0.25) is 0 Å². The number of hydrogen-bond acceptors (Lipinski definition) is 4. The van der Waals surface area contributed by atoms with E-state index in [9.17, 15) is 14.7 Å². The minimum atomic E-state index is -1.74. The van der Waals surface area contributed by atoms with Gasteiger partial charge >= 0.3 is 12.1 Å². The van der Waals surface area contributed by atoms with Gasteiger partial charge in [0.1, 0.15) is 0 Å². The molecule has 0 N–H and O–H groups in total. The Bertz CT molecular complexity index is 141. The highest BCUT2D eigenvalue weighted by Crippen LogP contribution is 1.93. The zero-order chi connectivity index (χ0) is 8.15. The molecule has 10 heavy (non-hydrogen) atoms. The summed E-state index contributed by atoms with van der Waals surface area (Å²) in [6.45, 7) is 1.25. The van der Waals surface area contributed by atoms with E-state index >= 15 is 0 Å². The Labute approximate surface area is 57.5 Å². The second-order valence-electron chi connectivity index (χ2n) is 1.53. The minimum absolute atomic E-state index is 0.746. The third-order valence-corrected chi connectivity index (χ3v) is 0.806. The Morgan fingerprint density at radius 3 is 2.20 bits per heavy atom. The lowest BCUT2D eigenvalue weighted by molar-refractivity contribution is -0.150. The van der Waals surface area contributed by atoms with E-state index in [0.29, 0.717) is 0 Å². The van der Waals surface area contributed by atoms with Crippen molar-refractivity contribution >= 4 is 12.1 Å². The fourth-order valence-corrected chi connectivity index (χ4v) is 0.358. The maximum Gasteiger partial charge on any atom is 0.550 e. The molecule has 0 rings (SSSR count). The van der Waals surface area contributed by atoms with Crippen molar-refractivity contribution in [2.45, 2.75) is 13.0 Å². The lowest BCUT2D eigenvalue weighted by Crippen LogP contribution is -2.23. The second-order valence-corrected chi connectivity index (χ2v) is 1.53. The van der Waals surface area contributed by atoms with Crippen molar-refractivity contribution in [3.8, 4) is 0 Å². The van der Waals surface area contributed by atoms with Gasteiger partial charge in [-0.25, -0.2) is 4.79 Å². The SMILES string of the molecule is COC(=O)C(C)OC([O])=O. The third-order valence-electron chi connectivity index (χ3n) is 0.806. The highest BCUT2D eigenvalue weighted by atomic mass is 16.7. The fraction of sp³-hybridized carbons (Fsp3) is 0.600. The average Bonchev–Trinajstić information content (AvgIpc) is 1.85. The minimum Gasteiger partial charge on any atom is -0.466 e. The predicted octanol–water partition coefficient (Wildman–Crippen LogP) is 0.115. The van der Waals surface area contributed by atoms with Crippen LogP contribution in [-0.2, 0) is 19.4 Å². The molecule has 5 nitrogen and oxygen atoms in total. The zero-order valence-corrected chi connectivity index (χ0v) is 5.62. The smallest absolute Gasteiger partial charge is 0.466 e. The van der Waals surface area contributed by atoms with Crippen LogP contribution in [0.15, 0.2) is 0 Å². The summed E-state index contributed by atoms with van der Waals surface area (Å²) >= 11 is 0. The molecule has 0 aliphatic heterocycles. The van der Waals surface area contributed by atoms with Crippen molar-refractivity contribution in [3.05, 3.63) is 0 Å². The normalized spacial score (nSPS) is 11.8. The number of hydrogen-bond donors (Lipinski definition) is 0. The van der Waals surface area contributed by atoms with E-state index in [2.05, 4.69) is 9.47 Å². The van der Waals surface area contributed by atoms with Gasteiger partial charge in [-0.2, -0.15) is 9.90 Å². The monoisotopic (exact) mass is 147 g/mol. The van der Waals surface area contributed by atoms with Gasteiger partial charge in [0.25, 0.3) is 0 Å². The van der Waals surface area contributed by atoms with Crippen molar-refractivity contribution in [2.75, 3.05) is 7.11 Å².